The lowest BCUT2D eigenvalue weighted by atomic mass is 10.2. The highest BCUT2D eigenvalue weighted by molar-refractivity contribution is 7.09. The SMILES string of the molecule is CCc1nc(-c2ccc(OC)c(Cl)c2)cs1. The van der Waals surface area contributed by atoms with Gasteiger partial charge in [0.05, 0.1) is 22.8 Å². The Morgan fingerprint density at radius 1 is 1.44 bits per heavy atom. The lowest BCUT2D eigenvalue weighted by molar-refractivity contribution is 0.415. The van der Waals surface area contributed by atoms with Crippen molar-refractivity contribution in [2.75, 3.05) is 7.11 Å². The van der Waals surface area contributed by atoms with Crippen LogP contribution in [0, 0.1) is 0 Å². The first-order valence-corrected chi connectivity index (χ1v) is 6.28. The topological polar surface area (TPSA) is 22.1 Å². The maximum atomic E-state index is 6.07. The summed E-state index contributed by atoms with van der Waals surface area (Å²) in [6, 6.07) is 5.72. The second-order valence-electron chi connectivity index (χ2n) is 3.33. The number of ether oxygens (including phenoxy) is 1. The number of benzene rings is 1. The Kier molecular flexibility index (Phi) is 3.46. The Labute approximate surface area is 104 Å². The summed E-state index contributed by atoms with van der Waals surface area (Å²) in [7, 11) is 1.61. The van der Waals surface area contributed by atoms with Gasteiger partial charge in [-0.2, -0.15) is 0 Å². The van der Waals surface area contributed by atoms with Gasteiger partial charge in [-0.05, 0) is 24.6 Å². The summed E-state index contributed by atoms with van der Waals surface area (Å²) in [6.45, 7) is 2.10. The minimum Gasteiger partial charge on any atom is -0.495 e. The Hall–Kier alpha value is -1.06. The van der Waals surface area contributed by atoms with Crippen LogP contribution in [0.2, 0.25) is 5.02 Å². The third kappa shape index (κ3) is 2.20. The van der Waals surface area contributed by atoms with E-state index in [1.54, 1.807) is 18.4 Å². The molecule has 4 heteroatoms. The maximum absolute atomic E-state index is 6.07. The summed E-state index contributed by atoms with van der Waals surface area (Å²) in [6.07, 6.45) is 0.967. The van der Waals surface area contributed by atoms with Crippen molar-refractivity contribution in [1.29, 1.82) is 0 Å². The molecule has 0 aliphatic heterocycles. The predicted octanol–water partition coefficient (Wildman–Crippen LogP) is 4.03. The molecule has 0 bridgehead atoms. The molecule has 84 valence electrons. The lowest BCUT2D eigenvalue weighted by Crippen LogP contribution is -1.85. The number of rotatable bonds is 3. The number of nitrogens with zero attached hydrogens (tertiary/aromatic N) is 1. The molecule has 0 amide bonds. The number of thiazole rings is 1. The largest absolute Gasteiger partial charge is 0.495 e. The Morgan fingerprint density at radius 2 is 2.25 bits per heavy atom. The van der Waals surface area contributed by atoms with E-state index >= 15 is 0 Å². The van der Waals surface area contributed by atoms with Crippen LogP contribution in [-0.4, -0.2) is 12.1 Å². The van der Waals surface area contributed by atoms with Crippen LogP contribution in [0.25, 0.3) is 11.3 Å². The summed E-state index contributed by atoms with van der Waals surface area (Å²) < 4.78 is 5.11. The third-order valence-corrected chi connectivity index (χ3v) is 3.59. The normalized spacial score (nSPS) is 10.4. The lowest BCUT2D eigenvalue weighted by Gasteiger charge is -2.03. The fourth-order valence-corrected chi connectivity index (χ4v) is 2.44. The van der Waals surface area contributed by atoms with E-state index in [9.17, 15) is 0 Å². The van der Waals surface area contributed by atoms with Crippen molar-refractivity contribution in [3.63, 3.8) is 0 Å². The molecule has 0 spiro atoms. The molecule has 16 heavy (non-hydrogen) atoms. The van der Waals surface area contributed by atoms with Crippen molar-refractivity contribution in [2.24, 2.45) is 0 Å². The van der Waals surface area contributed by atoms with Crippen LogP contribution >= 0.6 is 22.9 Å². The highest BCUT2D eigenvalue weighted by atomic mass is 35.5. The Bertz CT molecular complexity index is 496. The average Bonchev–Trinajstić information content (AvgIpc) is 2.77. The van der Waals surface area contributed by atoms with Gasteiger partial charge in [-0.3, -0.25) is 0 Å². The molecule has 1 aromatic carbocycles. The van der Waals surface area contributed by atoms with Crippen molar-refractivity contribution in [3.8, 4) is 17.0 Å². The number of aryl methyl sites for hydroxylation is 1. The predicted molar refractivity (Wildman–Crippen MR) is 68.5 cm³/mol. The van der Waals surface area contributed by atoms with Gasteiger partial charge in [-0.15, -0.1) is 11.3 Å². The van der Waals surface area contributed by atoms with Crippen LogP contribution in [-0.2, 0) is 6.42 Å². The van der Waals surface area contributed by atoms with Crippen LogP contribution in [0.1, 0.15) is 11.9 Å². The maximum Gasteiger partial charge on any atom is 0.137 e. The molecular formula is C12H12ClNOS. The molecule has 0 aliphatic rings. The standard InChI is InChI=1S/C12H12ClNOS/c1-3-12-14-10(7-16-12)8-4-5-11(15-2)9(13)6-8/h4-7H,3H2,1-2H3. The van der Waals surface area contributed by atoms with Crippen molar-refractivity contribution in [3.05, 3.63) is 33.6 Å². The van der Waals surface area contributed by atoms with Gasteiger partial charge in [-0.25, -0.2) is 4.98 Å². The zero-order chi connectivity index (χ0) is 11.5. The minimum absolute atomic E-state index is 0.617. The quantitative estimate of drug-likeness (QED) is 0.824. The highest BCUT2D eigenvalue weighted by Gasteiger charge is 2.06. The molecule has 1 aromatic heterocycles. The Morgan fingerprint density at radius 3 is 2.81 bits per heavy atom. The summed E-state index contributed by atoms with van der Waals surface area (Å²) >= 11 is 7.75. The molecule has 0 unspecified atom stereocenters. The van der Waals surface area contributed by atoms with E-state index in [4.69, 9.17) is 16.3 Å². The van der Waals surface area contributed by atoms with Gasteiger partial charge in [-0.1, -0.05) is 18.5 Å². The van der Waals surface area contributed by atoms with Crippen LogP contribution in [0.3, 0.4) is 0 Å². The molecule has 1 heterocycles. The summed E-state index contributed by atoms with van der Waals surface area (Å²) in [5.41, 5.74) is 2.01. The molecule has 0 N–H and O–H groups in total. The summed E-state index contributed by atoms with van der Waals surface area (Å²) in [5.74, 6) is 0.691. The molecule has 0 atom stereocenters. The van der Waals surface area contributed by atoms with Gasteiger partial charge in [0.1, 0.15) is 5.75 Å². The van der Waals surface area contributed by atoms with E-state index < -0.39 is 0 Å². The van der Waals surface area contributed by atoms with Gasteiger partial charge in [0.15, 0.2) is 0 Å². The second-order valence-corrected chi connectivity index (χ2v) is 4.68. The summed E-state index contributed by atoms with van der Waals surface area (Å²) in [4.78, 5) is 4.51. The third-order valence-electron chi connectivity index (χ3n) is 2.30. The molecular weight excluding hydrogens is 242 g/mol. The van der Waals surface area contributed by atoms with E-state index in [0.29, 0.717) is 10.8 Å². The number of aromatic nitrogens is 1. The van der Waals surface area contributed by atoms with Gasteiger partial charge < -0.3 is 4.74 Å². The number of hydrogen-bond acceptors (Lipinski definition) is 3. The van der Waals surface area contributed by atoms with Gasteiger partial charge >= 0.3 is 0 Å². The van der Waals surface area contributed by atoms with Crippen LogP contribution in [0.15, 0.2) is 23.6 Å². The molecule has 0 radical (unpaired) electrons. The summed E-state index contributed by atoms with van der Waals surface area (Å²) in [5, 5.41) is 3.81. The molecule has 0 aliphatic carbocycles. The van der Waals surface area contributed by atoms with Crippen molar-refractivity contribution in [2.45, 2.75) is 13.3 Å². The van der Waals surface area contributed by atoms with E-state index in [2.05, 4.69) is 17.3 Å². The van der Waals surface area contributed by atoms with E-state index in [0.717, 1.165) is 22.7 Å². The van der Waals surface area contributed by atoms with Gasteiger partial charge in [0.2, 0.25) is 0 Å². The highest BCUT2D eigenvalue weighted by Crippen LogP contribution is 2.30. The second kappa shape index (κ2) is 4.85. The first kappa shape index (κ1) is 11.4. The average molecular weight is 254 g/mol. The van der Waals surface area contributed by atoms with E-state index in [1.165, 1.54) is 0 Å². The molecule has 0 saturated heterocycles. The minimum atomic E-state index is 0.617. The number of hydrogen-bond donors (Lipinski definition) is 0. The van der Waals surface area contributed by atoms with E-state index in [-0.39, 0.29) is 0 Å². The van der Waals surface area contributed by atoms with Crippen molar-refractivity contribution in [1.82, 2.24) is 4.98 Å². The fourth-order valence-electron chi connectivity index (χ4n) is 1.43. The van der Waals surface area contributed by atoms with Crippen molar-refractivity contribution < 1.29 is 4.74 Å². The number of halogens is 1. The van der Waals surface area contributed by atoms with E-state index in [1.807, 2.05) is 18.2 Å². The molecule has 2 rings (SSSR count). The molecule has 2 aromatic rings. The molecule has 0 fully saturated rings. The zero-order valence-corrected chi connectivity index (χ0v) is 10.7. The van der Waals surface area contributed by atoms with Gasteiger partial charge in [0, 0.05) is 10.9 Å². The van der Waals surface area contributed by atoms with Gasteiger partial charge in [0.25, 0.3) is 0 Å². The monoisotopic (exact) mass is 253 g/mol. The Balaban J connectivity index is 2.37. The molecule has 0 saturated carbocycles. The fraction of sp³-hybridized carbons (Fsp3) is 0.250. The zero-order valence-electron chi connectivity index (χ0n) is 9.16. The van der Waals surface area contributed by atoms with Crippen LogP contribution < -0.4 is 4.74 Å². The first-order chi connectivity index (χ1) is 7.74. The van der Waals surface area contributed by atoms with Crippen molar-refractivity contribution >= 4 is 22.9 Å². The number of methoxy groups -OCH3 is 1. The smallest absolute Gasteiger partial charge is 0.137 e. The molecule has 2 nitrogen and oxygen atoms in total. The first-order valence-electron chi connectivity index (χ1n) is 5.03. The van der Waals surface area contributed by atoms with Crippen LogP contribution in [0.5, 0.6) is 5.75 Å². The van der Waals surface area contributed by atoms with Crippen LogP contribution in [0.4, 0.5) is 0 Å².